The van der Waals surface area contributed by atoms with Crippen LogP contribution in [-0.4, -0.2) is 41.0 Å². The van der Waals surface area contributed by atoms with Crippen molar-refractivity contribution in [1.82, 2.24) is 9.88 Å². The van der Waals surface area contributed by atoms with E-state index in [1.54, 1.807) is 18.2 Å². The second kappa shape index (κ2) is 9.48. The van der Waals surface area contributed by atoms with Gasteiger partial charge in [-0.3, -0.25) is 4.79 Å². The Kier molecular flexibility index (Phi) is 6.52. The summed E-state index contributed by atoms with van der Waals surface area (Å²) in [5.41, 5.74) is 2.58. The summed E-state index contributed by atoms with van der Waals surface area (Å²) in [6, 6.07) is 16.7. The summed E-state index contributed by atoms with van der Waals surface area (Å²) in [4.78, 5) is 32.2. The molecule has 0 bridgehead atoms. The van der Waals surface area contributed by atoms with E-state index in [4.69, 9.17) is 16.3 Å². The van der Waals surface area contributed by atoms with E-state index in [1.165, 1.54) is 0 Å². The van der Waals surface area contributed by atoms with E-state index >= 15 is 0 Å². The van der Waals surface area contributed by atoms with E-state index in [2.05, 4.69) is 11.9 Å². The van der Waals surface area contributed by atoms with Crippen molar-refractivity contribution < 1.29 is 14.3 Å². The molecule has 6 heteroatoms. The number of para-hydroxylation sites is 1. The smallest absolute Gasteiger partial charge is 0.339 e. The van der Waals surface area contributed by atoms with Crippen LogP contribution in [0.3, 0.4) is 0 Å². The van der Waals surface area contributed by atoms with Gasteiger partial charge in [0.15, 0.2) is 6.61 Å². The lowest BCUT2D eigenvalue weighted by molar-refractivity contribution is -0.138. The molecule has 1 aromatic heterocycles. The number of fused-ring (bicyclic) bond motifs is 1. The highest BCUT2D eigenvalue weighted by Gasteiger charge is 2.26. The van der Waals surface area contributed by atoms with Gasteiger partial charge in [0.2, 0.25) is 0 Å². The lowest BCUT2D eigenvalue weighted by atomic mass is 10.00. The third kappa shape index (κ3) is 4.72. The number of amides is 1. The third-order valence-electron chi connectivity index (χ3n) is 5.82. The molecule has 1 fully saturated rings. The van der Waals surface area contributed by atoms with E-state index in [0.717, 1.165) is 37.8 Å². The van der Waals surface area contributed by atoms with Crippen LogP contribution >= 0.6 is 11.6 Å². The Bertz CT molecular complexity index is 1100. The summed E-state index contributed by atoms with van der Waals surface area (Å²) < 4.78 is 5.47. The Morgan fingerprint density at radius 3 is 2.68 bits per heavy atom. The molecule has 1 amide bonds. The number of esters is 1. The van der Waals surface area contributed by atoms with Crippen LogP contribution < -0.4 is 0 Å². The van der Waals surface area contributed by atoms with E-state index in [1.807, 2.05) is 41.3 Å². The Labute approximate surface area is 187 Å². The molecular formula is C25H25ClN2O3. The van der Waals surface area contributed by atoms with Crippen molar-refractivity contribution in [3.8, 4) is 11.3 Å². The molecule has 0 N–H and O–H groups in total. The SMILES string of the molecule is CCC1CCCCN1C(=O)COC(=O)c1cc(-c2ccc(Cl)cc2)nc2ccccc12. The van der Waals surface area contributed by atoms with Crippen molar-refractivity contribution in [1.29, 1.82) is 0 Å². The molecule has 0 saturated carbocycles. The largest absolute Gasteiger partial charge is 0.452 e. The van der Waals surface area contributed by atoms with Gasteiger partial charge in [0.1, 0.15) is 0 Å². The molecule has 0 spiro atoms. The molecule has 2 aromatic carbocycles. The van der Waals surface area contributed by atoms with Crippen LogP contribution in [0.25, 0.3) is 22.2 Å². The summed E-state index contributed by atoms with van der Waals surface area (Å²) in [5.74, 6) is -0.650. The highest BCUT2D eigenvalue weighted by atomic mass is 35.5. The van der Waals surface area contributed by atoms with Crippen LogP contribution in [-0.2, 0) is 9.53 Å². The van der Waals surface area contributed by atoms with Crippen molar-refractivity contribution in [2.75, 3.05) is 13.2 Å². The van der Waals surface area contributed by atoms with Crippen molar-refractivity contribution in [3.05, 3.63) is 65.2 Å². The number of benzene rings is 2. The average Bonchev–Trinajstić information content (AvgIpc) is 2.82. The molecule has 5 nitrogen and oxygen atoms in total. The van der Waals surface area contributed by atoms with Gasteiger partial charge in [-0.05, 0) is 49.9 Å². The Hall–Kier alpha value is -2.92. The second-order valence-electron chi connectivity index (χ2n) is 7.80. The molecule has 2 heterocycles. The minimum atomic E-state index is -0.521. The fourth-order valence-corrected chi connectivity index (χ4v) is 4.28. The number of halogens is 1. The highest BCUT2D eigenvalue weighted by molar-refractivity contribution is 6.30. The monoisotopic (exact) mass is 436 g/mol. The number of hydrogen-bond acceptors (Lipinski definition) is 4. The zero-order valence-electron chi connectivity index (χ0n) is 17.5. The normalized spacial score (nSPS) is 16.3. The predicted molar refractivity (Wildman–Crippen MR) is 122 cm³/mol. The second-order valence-corrected chi connectivity index (χ2v) is 8.24. The molecular weight excluding hydrogens is 412 g/mol. The Balaban J connectivity index is 1.58. The van der Waals surface area contributed by atoms with Crippen LogP contribution in [0.5, 0.6) is 0 Å². The lowest BCUT2D eigenvalue weighted by Crippen LogP contribution is -2.45. The first-order valence-electron chi connectivity index (χ1n) is 10.7. The number of likely N-dealkylation sites (tertiary alicyclic amines) is 1. The van der Waals surface area contributed by atoms with Crippen molar-refractivity contribution in [3.63, 3.8) is 0 Å². The van der Waals surface area contributed by atoms with Gasteiger partial charge in [-0.15, -0.1) is 0 Å². The average molecular weight is 437 g/mol. The van der Waals surface area contributed by atoms with Crippen LogP contribution in [0.4, 0.5) is 0 Å². The van der Waals surface area contributed by atoms with Crippen molar-refractivity contribution in [2.24, 2.45) is 0 Å². The van der Waals surface area contributed by atoms with E-state index < -0.39 is 5.97 Å². The standard InChI is InChI=1S/C25H25ClN2O3/c1-2-19-7-5-6-14-28(19)24(29)16-31-25(30)21-15-23(17-10-12-18(26)13-11-17)27-22-9-4-3-8-20(21)22/h3-4,8-13,15,19H,2,5-7,14,16H2,1H3. The number of rotatable bonds is 5. The molecule has 1 saturated heterocycles. The van der Waals surface area contributed by atoms with Gasteiger partial charge in [0.25, 0.3) is 5.91 Å². The zero-order chi connectivity index (χ0) is 21.8. The molecule has 31 heavy (non-hydrogen) atoms. The molecule has 3 aromatic rings. The highest BCUT2D eigenvalue weighted by Crippen LogP contribution is 2.26. The van der Waals surface area contributed by atoms with Gasteiger partial charge in [-0.2, -0.15) is 0 Å². The summed E-state index contributed by atoms with van der Waals surface area (Å²) in [5, 5.41) is 1.33. The maximum atomic E-state index is 13.0. The summed E-state index contributed by atoms with van der Waals surface area (Å²) in [6.45, 7) is 2.57. The van der Waals surface area contributed by atoms with E-state index in [0.29, 0.717) is 27.2 Å². The zero-order valence-corrected chi connectivity index (χ0v) is 18.3. The first-order valence-corrected chi connectivity index (χ1v) is 11.1. The maximum absolute atomic E-state index is 13.0. The number of ether oxygens (including phenoxy) is 1. The van der Waals surface area contributed by atoms with E-state index in [9.17, 15) is 9.59 Å². The number of carbonyl (C=O) groups excluding carboxylic acids is 2. The van der Waals surface area contributed by atoms with E-state index in [-0.39, 0.29) is 18.6 Å². The molecule has 1 unspecified atom stereocenters. The van der Waals surface area contributed by atoms with Gasteiger partial charge in [-0.25, -0.2) is 9.78 Å². The quantitative estimate of drug-likeness (QED) is 0.495. The summed E-state index contributed by atoms with van der Waals surface area (Å²) >= 11 is 6.00. The number of piperidine rings is 1. The molecule has 0 aliphatic carbocycles. The number of pyridine rings is 1. The molecule has 1 aliphatic rings. The minimum Gasteiger partial charge on any atom is -0.452 e. The fourth-order valence-electron chi connectivity index (χ4n) is 4.15. The van der Waals surface area contributed by atoms with Gasteiger partial charge in [0.05, 0.1) is 16.8 Å². The first kappa shape index (κ1) is 21.3. The Morgan fingerprint density at radius 2 is 1.90 bits per heavy atom. The molecule has 1 atom stereocenters. The molecule has 4 rings (SSSR count). The number of carbonyl (C=O) groups is 2. The van der Waals surface area contributed by atoms with Gasteiger partial charge >= 0.3 is 5.97 Å². The van der Waals surface area contributed by atoms with Crippen LogP contribution in [0.15, 0.2) is 54.6 Å². The van der Waals surface area contributed by atoms with Crippen molar-refractivity contribution in [2.45, 2.75) is 38.6 Å². The minimum absolute atomic E-state index is 0.129. The van der Waals surface area contributed by atoms with Crippen molar-refractivity contribution >= 4 is 34.4 Å². The molecule has 1 aliphatic heterocycles. The van der Waals surface area contributed by atoms with Crippen LogP contribution in [0, 0.1) is 0 Å². The maximum Gasteiger partial charge on any atom is 0.339 e. The fraction of sp³-hybridized carbons (Fsp3) is 0.320. The van der Waals surface area contributed by atoms with Gasteiger partial charge < -0.3 is 9.64 Å². The molecule has 0 radical (unpaired) electrons. The summed E-state index contributed by atoms with van der Waals surface area (Å²) in [7, 11) is 0. The lowest BCUT2D eigenvalue weighted by Gasteiger charge is -2.35. The number of aromatic nitrogens is 1. The van der Waals surface area contributed by atoms with Gasteiger partial charge in [-0.1, -0.05) is 48.9 Å². The van der Waals surface area contributed by atoms with Crippen LogP contribution in [0.2, 0.25) is 5.02 Å². The first-order chi connectivity index (χ1) is 15.1. The number of hydrogen-bond donors (Lipinski definition) is 0. The summed E-state index contributed by atoms with van der Waals surface area (Å²) in [6.07, 6.45) is 4.06. The third-order valence-corrected chi connectivity index (χ3v) is 6.07. The predicted octanol–water partition coefficient (Wildman–Crippen LogP) is 5.50. The van der Waals surface area contributed by atoms with Gasteiger partial charge in [0, 0.05) is 28.6 Å². The van der Waals surface area contributed by atoms with Crippen LogP contribution in [0.1, 0.15) is 43.0 Å². The topological polar surface area (TPSA) is 59.5 Å². The molecule has 160 valence electrons. The number of nitrogens with zero attached hydrogens (tertiary/aromatic N) is 2. The Morgan fingerprint density at radius 1 is 1.13 bits per heavy atom.